The average Bonchev–Trinajstić information content (AvgIpc) is 3.16. The van der Waals surface area contributed by atoms with Crippen molar-refractivity contribution in [2.45, 2.75) is 24.8 Å². The minimum atomic E-state index is -0.992. The molecule has 3 rings (SSSR count). The van der Waals surface area contributed by atoms with Gasteiger partial charge in [0.05, 0.1) is 11.6 Å². The number of hydrogen-bond donors (Lipinski definition) is 1. The fraction of sp³-hybridized carbons (Fsp3) is 0.421. The third kappa shape index (κ3) is 3.73. The van der Waals surface area contributed by atoms with Crippen LogP contribution in [0.5, 0.6) is 0 Å². The van der Waals surface area contributed by atoms with Crippen LogP contribution in [0.1, 0.15) is 28.9 Å². The van der Waals surface area contributed by atoms with Crippen molar-refractivity contribution in [2.75, 3.05) is 27.2 Å². The van der Waals surface area contributed by atoms with E-state index in [1.54, 1.807) is 19.0 Å². The van der Waals surface area contributed by atoms with Gasteiger partial charge in [0.25, 0.3) is 5.91 Å². The van der Waals surface area contributed by atoms with Crippen LogP contribution in [0.15, 0.2) is 36.5 Å². The molecule has 0 spiro atoms. The van der Waals surface area contributed by atoms with E-state index in [4.69, 9.17) is 0 Å². The minimum Gasteiger partial charge on any atom is -0.481 e. The third-order valence-corrected chi connectivity index (χ3v) is 5.19. The van der Waals surface area contributed by atoms with E-state index in [1.165, 1.54) is 15.8 Å². The molecule has 0 unspecified atom stereocenters. The number of carboxylic acids is 1. The SMILES string of the molecule is CN(C)C(=O)Cn1cc(C(=O)N2CCC(C(=O)O)(c3ccccc3)CC2)nn1. The fourth-order valence-corrected chi connectivity index (χ4v) is 3.39. The van der Waals surface area contributed by atoms with E-state index in [1.807, 2.05) is 30.3 Å². The molecule has 1 aliphatic heterocycles. The Hall–Kier alpha value is -3.23. The summed E-state index contributed by atoms with van der Waals surface area (Å²) in [5, 5.41) is 17.6. The number of hydrogen-bond acceptors (Lipinski definition) is 5. The molecule has 1 aromatic carbocycles. The Morgan fingerprint density at radius 2 is 1.79 bits per heavy atom. The number of rotatable bonds is 5. The highest BCUT2D eigenvalue weighted by Gasteiger charge is 2.44. The van der Waals surface area contributed by atoms with Crippen LogP contribution in [-0.2, 0) is 21.5 Å². The topological polar surface area (TPSA) is 109 Å². The van der Waals surface area contributed by atoms with E-state index >= 15 is 0 Å². The summed E-state index contributed by atoms with van der Waals surface area (Å²) in [6, 6.07) is 9.13. The summed E-state index contributed by atoms with van der Waals surface area (Å²) in [6.07, 6.45) is 2.09. The number of amides is 2. The lowest BCUT2D eigenvalue weighted by atomic mass is 9.73. The van der Waals surface area contributed by atoms with E-state index in [2.05, 4.69) is 10.3 Å². The van der Waals surface area contributed by atoms with Gasteiger partial charge in [0.15, 0.2) is 5.69 Å². The summed E-state index contributed by atoms with van der Waals surface area (Å²) in [5.41, 5.74) is -0.0924. The van der Waals surface area contributed by atoms with Crippen LogP contribution < -0.4 is 0 Å². The van der Waals surface area contributed by atoms with Crippen molar-refractivity contribution in [3.05, 3.63) is 47.8 Å². The Morgan fingerprint density at radius 3 is 2.36 bits per heavy atom. The molecule has 1 saturated heterocycles. The van der Waals surface area contributed by atoms with Crippen LogP contribution in [0.2, 0.25) is 0 Å². The monoisotopic (exact) mass is 385 g/mol. The lowest BCUT2D eigenvalue weighted by Gasteiger charge is -2.39. The van der Waals surface area contributed by atoms with Gasteiger partial charge in [-0.25, -0.2) is 4.68 Å². The van der Waals surface area contributed by atoms with Crippen molar-refractivity contribution in [2.24, 2.45) is 0 Å². The molecule has 2 aromatic rings. The average molecular weight is 385 g/mol. The molecule has 148 valence electrons. The summed E-state index contributed by atoms with van der Waals surface area (Å²) in [7, 11) is 3.28. The predicted molar refractivity (Wildman–Crippen MR) is 99.6 cm³/mol. The number of carbonyl (C=O) groups is 3. The van der Waals surface area contributed by atoms with Crippen molar-refractivity contribution in [1.82, 2.24) is 24.8 Å². The Balaban J connectivity index is 1.69. The van der Waals surface area contributed by atoms with Gasteiger partial charge < -0.3 is 14.9 Å². The van der Waals surface area contributed by atoms with E-state index in [0.717, 1.165) is 5.56 Å². The molecule has 28 heavy (non-hydrogen) atoms. The first-order valence-corrected chi connectivity index (χ1v) is 9.02. The maximum atomic E-state index is 12.7. The zero-order chi connectivity index (χ0) is 20.3. The highest BCUT2D eigenvalue weighted by Crippen LogP contribution is 2.36. The number of carboxylic acid groups (broad SMARTS) is 1. The zero-order valence-corrected chi connectivity index (χ0v) is 15.9. The zero-order valence-electron chi connectivity index (χ0n) is 15.9. The molecule has 1 aliphatic rings. The van der Waals surface area contributed by atoms with Gasteiger partial charge in [0.1, 0.15) is 6.54 Å². The van der Waals surface area contributed by atoms with Gasteiger partial charge in [0.2, 0.25) is 5.91 Å². The normalized spacial score (nSPS) is 15.9. The summed E-state index contributed by atoms with van der Waals surface area (Å²) < 4.78 is 1.32. The predicted octanol–water partition coefficient (Wildman–Crippen LogP) is 0.625. The highest BCUT2D eigenvalue weighted by molar-refractivity contribution is 5.92. The number of aliphatic carboxylic acids is 1. The van der Waals surface area contributed by atoms with Crippen LogP contribution in [-0.4, -0.2) is 74.9 Å². The first-order chi connectivity index (χ1) is 13.3. The summed E-state index contributed by atoms with van der Waals surface area (Å²) >= 11 is 0. The molecule has 0 saturated carbocycles. The van der Waals surface area contributed by atoms with Crippen LogP contribution in [0.4, 0.5) is 0 Å². The molecule has 2 amide bonds. The molecule has 9 heteroatoms. The summed E-state index contributed by atoms with van der Waals surface area (Å²) in [4.78, 5) is 39.5. The van der Waals surface area contributed by atoms with Crippen LogP contribution in [0.25, 0.3) is 0 Å². The second kappa shape index (κ2) is 7.79. The molecule has 1 fully saturated rings. The largest absolute Gasteiger partial charge is 0.481 e. The number of likely N-dealkylation sites (tertiary alicyclic amines) is 1. The molecule has 9 nitrogen and oxygen atoms in total. The van der Waals surface area contributed by atoms with Crippen molar-refractivity contribution in [3.8, 4) is 0 Å². The molecule has 0 atom stereocenters. The quantitative estimate of drug-likeness (QED) is 0.808. The molecule has 0 radical (unpaired) electrons. The van der Waals surface area contributed by atoms with Gasteiger partial charge in [-0.1, -0.05) is 35.5 Å². The first kappa shape index (κ1) is 19.5. The van der Waals surface area contributed by atoms with Gasteiger partial charge in [-0.2, -0.15) is 0 Å². The fourth-order valence-electron chi connectivity index (χ4n) is 3.39. The number of carbonyl (C=O) groups excluding carboxylic acids is 2. The van der Waals surface area contributed by atoms with Crippen molar-refractivity contribution < 1.29 is 19.5 Å². The number of piperidine rings is 1. The number of nitrogens with zero attached hydrogens (tertiary/aromatic N) is 5. The second-order valence-electron chi connectivity index (χ2n) is 7.14. The molecular weight excluding hydrogens is 362 g/mol. The Labute approximate surface area is 162 Å². The molecule has 0 aliphatic carbocycles. The summed E-state index contributed by atoms with van der Waals surface area (Å²) in [5.74, 6) is -1.34. The van der Waals surface area contributed by atoms with Gasteiger partial charge in [-0.15, -0.1) is 5.10 Å². The van der Waals surface area contributed by atoms with E-state index in [9.17, 15) is 19.5 Å². The lowest BCUT2D eigenvalue weighted by molar-refractivity contribution is -0.145. The van der Waals surface area contributed by atoms with E-state index in [0.29, 0.717) is 25.9 Å². The van der Waals surface area contributed by atoms with Crippen molar-refractivity contribution in [1.29, 1.82) is 0 Å². The molecule has 2 heterocycles. The minimum absolute atomic E-state index is 0.00339. The van der Waals surface area contributed by atoms with Crippen molar-refractivity contribution >= 4 is 17.8 Å². The third-order valence-electron chi connectivity index (χ3n) is 5.19. The lowest BCUT2D eigenvalue weighted by Crippen LogP contribution is -2.49. The molecule has 0 bridgehead atoms. The molecule has 1 N–H and O–H groups in total. The molecular formula is C19H23N5O4. The van der Waals surface area contributed by atoms with Gasteiger partial charge in [0, 0.05) is 27.2 Å². The highest BCUT2D eigenvalue weighted by atomic mass is 16.4. The number of benzene rings is 1. The smallest absolute Gasteiger partial charge is 0.314 e. The Bertz CT molecular complexity index is 869. The Morgan fingerprint density at radius 1 is 1.14 bits per heavy atom. The second-order valence-corrected chi connectivity index (χ2v) is 7.14. The van der Waals surface area contributed by atoms with Crippen molar-refractivity contribution in [3.63, 3.8) is 0 Å². The van der Waals surface area contributed by atoms with Gasteiger partial charge in [-0.3, -0.25) is 14.4 Å². The Kier molecular flexibility index (Phi) is 5.43. The number of likely N-dealkylation sites (N-methyl/N-ethyl adjacent to an activating group) is 1. The van der Waals surface area contributed by atoms with E-state index < -0.39 is 11.4 Å². The molecule has 1 aromatic heterocycles. The first-order valence-electron chi connectivity index (χ1n) is 9.02. The van der Waals surface area contributed by atoms with Crippen LogP contribution >= 0.6 is 0 Å². The maximum Gasteiger partial charge on any atom is 0.314 e. The summed E-state index contributed by atoms with van der Waals surface area (Å²) in [6.45, 7) is 0.621. The van der Waals surface area contributed by atoms with Crippen LogP contribution in [0, 0.1) is 0 Å². The van der Waals surface area contributed by atoms with E-state index in [-0.39, 0.29) is 24.1 Å². The number of aromatic nitrogens is 3. The maximum absolute atomic E-state index is 12.7. The van der Waals surface area contributed by atoms with Gasteiger partial charge >= 0.3 is 5.97 Å². The van der Waals surface area contributed by atoms with Crippen LogP contribution in [0.3, 0.4) is 0 Å². The van der Waals surface area contributed by atoms with Gasteiger partial charge in [-0.05, 0) is 18.4 Å². The standard InChI is InChI=1S/C19H23N5O4/c1-22(2)16(25)13-24-12-15(20-21-24)17(26)23-10-8-19(9-11-23,18(27)28)14-6-4-3-5-7-14/h3-7,12H,8-11,13H2,1-2H3,(H,27,28).